The van der Waals surface area contributed by atoms with E-state index < -0.39 is 0 Å². The van der Waals surface area contributed by atoms with E-state index in [1.165, 1.54) is 43.4 Å². The predicted molar refractivity (Wildman–Crippen MR) is 106 cm³/mol. The van der Waals surface area contributed by atoms with Gasteiger partial charge in [0, 0.05) is 11.1 Å². The predicted octanol–water partition coefficient (Wildman–Crippen LogP) is 4.85. The minimum Gasteiger partial charge on any atom is -0.339 e. The van der Waals surface area contributed by atoms with E-state index in [4.69, 9.17) is 0 Å². The van der Waals surface area contributed by atoms with Crippen LogP contribution in [-0.4, -0.2) is 0 Å². The molecule has 0 heterocycles. The molecule has 1 heteroatoms. The average molecular weight is 322 g/mol. The van der Waals surface area contributed by atoms with Gasteiger partial charge in [-0.25, -0.2) is 0 Å². The molecule has 0 aliphatic carbocycles. The lowest BCUT2D eigenvalue weighted by molar-refractivity contribution is -0.686. The SMILES string of the molecule is c1ccc(C[NH2+]Cc2ccc3ccc4cccc5ccc2c3c45)cc1. The monoisotopic (exact) mass is 322 g/mol. The molecule has 0 radical (unpaired) electrons. The van der Waals surface area contributed by atoms with Gasteiger partial charge in [-0.2, -0.15) is 0 Å². The van der Waals surface area contributed by atoms with E-state index in [1.54, 1.807) is 0 Å². The van der Waals surface area contributed by atoms with Gasteiger partial charge in [-0.15, -0.1) is 0 Å². The second-order valence-electron chi connectivity index (χ2n) is 6.76. The largest absolute Gasteiger partial charge is 0.339 e. The highest BCUT2D eigenvalue weighted by Gasteiger charge is 2.11. The van der Waals surface area contributed by atoms with E-state index in [0.717, 1.165) is 13.1 Å². The first-order valence-corrected chi connectivity index (χ1v) is 8.91. The minimum atomic E-state index is 1.00. The first kappa shape index (κ1) is 14.4. The van der Waals surface area contributed by atoms with Crippen LogP contribution in [0.5, 0.6) is 0 Å². The highest BCUT2D eigenvalue weighted by atomic mass is 14.8. The zero-order valence-corrected chi connectivity index (χ0v) is 14.1. The van der Waals surface area contributed by atoms with Crippen LogP contribution >= 0.6 is 0 Å². The highest BCUT2D eigenvalue weighted by Crippen LogP contribution is 2.35. The summed E-state index contributed by atoms with van der Waals surface area (Å²) in [5.41, 5.74) is 2.79. The van der Waals surface area contributed by atoms with E-state index in [0.29, 0.717) is 0 Å². The van der Waals surface area contributed by atoms with Crippen molar-refractivity contribution >= 4 is 32.3 Å². The topological polar surface area (TPSA) is 16.6 Å². The summed E-state index contributed by atoms with van der Waals surface area (Å²) in [6, 6.07) is 30.9. The molecular weight excluding hydrogens is 302 g/mol. The van der Waals surface area contributed by atoms with E-state index >= 15 is 0 Å². The molecule has 2 N–H and O–H groups in total. The molecule has 0 aromatic heterocycles. The highest BCUT2D eigenvalue weighted by molar-refractivity contribution is 6.23. The summed E-state index contributed by atoms with van der Waals surface area (Å²) >= 11 is 0. The fourth-order valence-electron chi connectivity index (χ4n) is 3.98. The number of hydrogen-bond donors (Lipinski definition) is 1. The minimum absolute atomic E-state index is 1.00. The quantitative estimate of drug-likeness (QED) is 0.456. The molecule has 0 fully saturated rings. The van der Waals surface area contributed by atoms with Crippen LogP contribution in [0.25, 0.3) is 32.3 Å². The molecule has 5 rings (SSSR count). The Hall–Kier alpha value is -2.90. The van der Waals surface area contributed by atoms with Gasteiger partial charge < -0.3 is 5.32 Å². The lowest BCUT2D eigenvalue weighted by Crippen LogP contribution is -2.80. The molecule has 5 aromatic rings. The third-order valence-corrected chi connectivity index (χ3v) is 5.21. The fraction of sp³-hybridized carbons (Fsp3) is 0.0833. The second-order valence-corrected chi connectivity index (χ2v) is 6.76. The molecule has 0 bridgehead atoms. The van der Waals surface area contributed by atoms with Crippen molar-refractivity contribution in [2.45, 2.75) is 13.1 Å². The van der Waals surface area contributed by atoms with Crippen molar-refractivity contribution in [2.75, 3.05) is 0 Å². The van der Waals surface area contributed by atoms with Gasteiger partial charge in [0.25, 0.3) is 0 Å². The molecule has 120 valence electrons. The van der Waals surface area contributed by atoms with Crippen LogP contribution < -0.4 is 5.32 Å². The summed E-state index contributed by atoms with van der Waals surface area (Å²) in [7, 11) is 0. The van der Waals surface area contributed by atoms with E-state index in [1.807, 2.05) is 0 Å². The van der Waals surface area contributed by atoms with Crippen LogP contribution in [0.3, 0.4) is 0 Å². The van der Waals surface area contributed by atoms with Crippen LogP contribution in [0.2, 0.25) is 0 Å². The van der Waals surface area contributed by atoms with Gasteiger partial charge >= 0.3 is 0 Å². The van der Waals surface area contributed by atoms with E-state index in [-0.39, 0.29) is 0 Å². The van der Waals surface area contributed by atoms with Crippen LogP contribution in [0.15, 0.2) is 84.9 Å². The summed E-state index contributed by atoms with van der Waals surface area (Å²) in [4.78, 5) is 0. The molecule has 0 atom stereocenters. The summed E-state index contributed by atoms with van der Waals surface area (Å²) in [6.07, 6.45) is 0. The standard InChI is InChI=1S/C24H19N/c1-2-5-17(6-3-1)15-25-16-21-12-11-20-10-9-18-7-4-8-19-13-14-22(21)24(20)23(18)19/h1-14,25H,15-16H2/p+1. The molecule has 5 aromatic carbocycles. The van der Waals surface area contributed by atoms with Crippen molar-refractivity contribution in [3.63, 3.8) is 0 Å². The molecule has 0 saturated heterocycles. The van der Waals surface area contributed by atoms with Crippen LogP contribution in [0, 0.1) is 0 Å². The summed E-state index contributed by atoms with van der Waals surface area (Å²) < 4.78 is 0. The van der Waals surface area contributed by atoms with Gasteiger partial charge in [0.15, 0.2) is 0 Å². The van der Waals surface area contributed by atoms with Crippen molar-refractivity contribution in [3.05, 3.63) is 96.1 Å². The smallest absolute Gasteiger partial charge is 0.102 e. The Labute approximate surface area is 147 Å². The Morgan fingerprint density at radius 2 is 1.20 bits per heavy atom. The molecule has 0 aliphatic rings. The Kier molecular flexibility index (Phi) is 3.39. The number of nitrogens with two attached hydrogens (primary N) is 1. The van der Waals surface area contributed by atoms with Crippen molar-refractivity contribution in [1.29, 1.82) is 0 Å². The van der Waals surface area contributed by atoms with Crippen LogP contribution in [-0.2, 0) is 13.1 Å². The fourth-order valence-corrected chi connectivity index (χ4v) is 3.98. The Balaban J connectivity index is 1.57. The number of quaternary nitrogens is 1. The van der Waals surface area contributed by atoms with Gasteiger partial charge in [0.2, 0.25) is 0 Å². The van der Waals surface area contributed by atoms with E-state index in [9.17, 15) is 0 Å². The lowest BCUT2D eigenvalue weighted by atomic mass is 9.92. The third kappa shape index (κ3) is 2.45. The van der Waals surface area contributed by atoms with E-state index in [2.05, 4.69) is 90.2 Å². The summed E-state index contributed by atoms with van der Waals surface area (Å²) in [5, 5.41) is 10.6. The zero-order chi connectivity index (χ0) is 16.6. The van der Waals surface area contributed by atoms with Gasteiger partial charge in [-0.1, -0.05) is 84.9 Å². The maximum absolute atomic E-state index is 2.39. The molecule has 0 amide bonds. The molecule has 0 spiro atoms. The summed E-state index contributed by atoms with van der Waals surface area (Å²) in [5.74, 6) is 0. The normalized spacial score (nSPS) is 11.7. The van der Waals surface area contributed by atoms with Crippen molar-refractivity contribution in [2.24, 2.45) is 0 Å². The maximum Gasteiger partial charge on any atom is 0.102 e. The Bertz CT molecular complexity index is 1140. The first-order valence-electron chi connectivity index (χ1n) is 8.91. The Morgan fingerprint density at radius 1 is 0.520 bits per heavy atom. The molecule has 0 aliphatic heterocycles. The molecule has 0 unspecified atom stereocenters. The Morgan fingerprint density at radius 3 is 2.00 bits per heavy atom. The molecular formula is C24H20N+. The van der Waals surface area contributed by atoms with Gasteiger partial charge in [0.1, 0.15) is 13.1 Å². The zero-order valence-electron chi connectivity index (χ0n) is 14.1. The lowest BCUT2D eigenvalue weighted by Gasteiger charge is -2.13. The van der Waals surface area contributed by atoms with Crippen LogP contribution in [0.4, 0.5) is 0 Å². The molecule has 0 saturated carbocycles. The number of benzene rings is 5. The third-order valence-electron chi connectivity index (χ3n) is 5.21. The van der Waals surface area contributed by atoms with Gasteiger partial charge in [0.05, 0.1) is 0 Å². The van der Waals surface area contributed by atoms with Crippen molar-refractivity contribution in [3.8, 4) is 0 Å². The van der Waals surface area contributed by atoms with Gasteiger partial charge in [-0.05, 0) is 32.3 Å². The average Bonchev–Trinajstić information content (AvgIpc) is 2.68. The number of rotatable bonds is 4. The van der Waals surface area contributed by atoms with Crippen molar-refractivity contribution in [1.82, 2.24) is 0 Å². The van der Waals surface area contributed by atoms with Crippen LogP contribution in [0.1, 0.15) is 11.1 Å². The van der Waals surface area contributed by atoms with Gasteiger partial charge in [-0.3, -0.25) is 0 Å². The second kappa shape index (κ2) is 5.87. The molecule has 1 nitrogen and oxygen atoms in total. The first-order chi connectivity index (χ1) is 12.4. The molecule has 25 heavy (non-hydrogen) atoms. The maximum atomic E-state index is 2.39. The summed E-state index contributed by atoms with van der Waals surface area (Å²) in [6.45, 7) is 2.02. The van der Waals surface area contributed by atoms with Crippen molar-refractivity contribution < 1.29 is 5.32 Å². The number of hydrogen-bond acceptors (Lipinski definition) is 0.